The fraction of sp³-hybridized carbons (Fsp3) is 0.636. The molecule has 0 bridgehead atoms. The largest absolute Gasteiger partial charge is 0.458 e. The lowest BCUT2D eigenvalue weighted by molar-refractivity contribution is 0.00795. The Balaban J connectivity index is 1.93. The summed E-state index contributed by atoms with van der Waals surface area (Å²) in [6.45, 7) is 0. The van der Waals surface area contributed by atoms with Crippen LogP contribution in [0.2, 0.25) is 0 Å². The minimum atomic E-state index is -4.02. The quantitative estimate of drug-likeness (QED) is 0.678. The predicted octanol–water partition coefficient (Wildman–Crippen LogP) is 1.92. The molecule has 2 aliphatic rings. The number of H-pyrrole nitrogens is 1. The molecule has 0 aromatic carbocycles. The van der Waals surface area contributed by atoms with Crippen molar-refractivity contribution in [2.45, 2.75) is 49.0 Å². The normalized spacial score (nSPS) is 20.1. The molecule has 2 aliphatic carbocycles. The molecule has 2 saturated carbocycles. The van der Waals surface area contributed by atoms with Gasteiger partial charge in [0, 0.05) is 16.6 Å². The molecular weight excluding hydrogens is 292 g/mol. The Hall–Kier alpha value is -1.08. The first-order chi connectivity index (χ1) is 8.97. The van der Waals surface area contributed by atoms with Gasteiger partial charge in [0.05, 0.1) is 5.69 Å². The fourth-order valence-corrected chi connectivity index (χ4v) is 3.38. The van der Waals surface area contributed by atoms with Gasteiger partial charge in [0.1, 0.15) is 11.0 Å². The minimum Gasteiger partial charge on any atom is -0.458 e. The molecule has 0 unspecified atom stereocenters. The number of carbonyl (C=O) groups excluding carboxylic acids is 1. The van der Waals surface area contributed by atoms with Crippen molar-refractivity contribution in [3.8, 4) is 0 Å². The van der Waals surface area contributed by atoms with E-state index in [4.69, 9.17) is 15.4 Å². The van der Waals surface area contributed by atoms with E-state index in [0.29, 0.717) is 5.69 Å². The second-order valence-corrected chi connectivity index (χ2v) is 7.49. The molecule has 19 heavy (non-hydrogen) atoms. The van der Waals surface area contributed by atoms with E-state index >= 15 is 0 Å². The number of halogens is 1. The molecule has 3 rings (SSSR count). The number of ether oxygens (including phenoxy) is 1. The highest BCUT2D eigenvalue weighted by atomic mass is 35.7. The van der Waals surface area contributed by atoms with Gasteiger partial charge < -0.3 is 4.74 Å². The van der Waals surface area contributed by atoms with Crippen LogP contribution in [-0.4, -0.2) is 30.7 Å². The van der Waals surface area contributed by atoms with Crippen molar-refractivity contribution in [2.24, 2.45) is 0 Å². The summed E-state index contributed by atoms with van der Waals surface area (Å²) < 4.78 is 28.5. The molecule has 0 spiro atoms. The number of hydrogen-bond acceptors (Lipinski definition) is 5. The Kier molecular flexibility index (Phi) is 3.05. The second kappa shape index (κ2) is 4.49. The van der Waals surface area contributed by atoms with Crippen LogP contribution in [-0.2, 0) is 13.8 Å². The number of aromatic nitrogens is 2. The summed E-state index contributed by atoms with van der Waals surface area (Å²) in [4.78, 5) is 11.7. The Labute approximate surface area is 114 Å². The SMILES string of the molecule is O=C(OC1CCC1)c1n[nH]c(C2CC2)c1S(=O)(=O)Cl. The molecule has 0 radical (unpaired) electrons. The number of carbonyl (C=O) groups is 1. The maximum Gasteiger partial charge on any atom is 0.360 e. The summed E-state index contributed by atoms with van der Waals surface area (Å²) in [5.74, 6) is -0.617. The van der Waals surface area contributed by atoms with Crippen molar-refractivity contribution in [1.29, 1.82) is 0 Å². The van der Waals surface area contributed by atoms with Crippen molar-refractivity contribution < 1.29 is 17.9 Å². The van der Waals surface area contributed by atoms with Crippen molar-refractivity contribution in [2.75, 3.05) is 0 Å². The zero-order chi connectivity index (χ0) is 13.6. The summed E-state index contributed by atoms with van der Waals surface area (Å²) in [7, 11) is 1.40. The molecule has 0 atom stereocenters. The van der Waals surface area contributed by atoms with Crippen molar-refractivity contribution >= 4 is 25.7 Å². The number of nitrogens with one attached hydrogen (secondary N) is 1. The summed E-state index contributed by atoms with van der Waals surface area (Å²) in [6.07, 6.45) is 4.27. The van der Waals surface area contributed by atoms with Gasteiger partial charge in [0.15, 0.2) is 5.69 Å². The lowest BCUT2D eigenvalue weighted by Gasteiger charge is -2.24. The molecule has 104 valence electrons. The highest BCUT2D eigenvalue weighted by molar-refractivity contribution is 8.13. The number of rotatable bonds is 4. The van der Waals surface area contributed by atoms with Gasteiger partial charge in [-0.1, -0.05) is 0 Å². The molecule has 1 N–H and O–H groups in total. The van der Waals surface area contributed by atoms with Crippen LogP contribution in [0.5, 0.6) is 0 Å². The molecule has 1 aromatic heterocycles. The van der Waals surface area contributed by atoms with Crippen LogP contribution >= 0.6 is 10.7 Å². The average Bonchev–Trinajstić information content (AvgIpc) is 3.00. The smallest absolute Gasteiger partial charge is 0.360 e. The molecule has 2 fully saturated rings. The zero-order valence-electron chi connectivity index (χ0n) is 10.1. The second-order valence-electron chi connectivity index (χ2n) is 4.99. The van der Waals surface area contributed by atoms with Gasteiger partial charge in [-0.2, -0.15) is 5.10 Å². The van der Waals surface area contributed by atoms with E-state index in [1.54, 1.807) is 0 Å². The van der Waals surface area contributed by atoms with E-state index in [1.807, 2.05) is 0 Å². The topological polar surface area (TPSA) is 89.1 Å². The summed E-state index contributed by atoms with van der Waals surface area (Å²) in [5, 5.41) is 6.41. The Morgan fingerprint density at radius 3 is 2.47 bits per heavy atom. The van der Waals surface area contributed by atoms with Crippen LogP contribution < -0.4 is 0 Å². The van der Waals surface area contributed by atoms with Crippen molar-refractivity contribution in [3.63, 3.8) is 0 Å². The highest BCUT2D eigenvalue weighted by Gasteiger charge is 2.37. The standard InChI is InChI=1S/C11H13ClN2O4S/c12-19(16,17)10-8(6-4-5-6)13-14-9(10)11(15)18-7-2-1-3-7/h6-7H,1-5H2,(H,13,14). The molecule has 0 aliphatic heterocycles. The van der Waals surface area contributed by atoms with E-state index in [9.17, 15) is 13.2 Å². The van der Waals surface area contributed by atoms with E-state index in [-0.39, 0.29) is 22.6 Å². The molecule has 1 aromatic rings. The molecule has 0 amide bonds. The highest BCUT2D eigenvalue weighted by Crippen LogP contribution is 2.43. The lowest BCUT2D eigenvalue weighted by atomic mass is 9.96. The number of esters is 1. The van der Waals surface area contributed by atoms with Crippen molar-refractivity contribution in [3.05, 3.63) is 11.4 Å². The van der Waals surface area contributed by atoms with Gasteiger partial charge in [-0.15, -0.1) is 0 Å². The first-order valence-corrected chi connectivity index (χ1v) is 8.51. The summed E-state index contributed by atoms with van der Waals surface area (Å²) >= 11 is 0. The molecular formula is C11H13ClN2O4S. The van der Waals surface area contributed by atoms with E-state index in [2.05, 4.69) is 10.2 Å². The maximum absolute atomic E-state index is 11.9. The number of aromatic amines is 1. The monoisotopic (exact) mass is 304 g/mol. The van der Waals surface area contributed by atoms with Gasteiger partial charge in [-0.3, -0.25) is 5.10 Å². The number of nitrogens with zero attached hydrogens (tertiary/aromatic N) is 1. The third-order valence-electron chi connectivity index (χ3n) is 3.50. The zero-order valence-corrected chi connectivity index (χ0v) is 11.6. The fourth-order valence-electron chi connectivity index (χ4n) is 2.07. The van der Waals surface area contributed by atoms with Gasteiger partial charge in [0.25, 0.3) is 9.05 Å². The molecule has 0 saturated heterocycles. The van der Waals surface area contributed by atoms with E-state index in [0.717, 1.165) is 32.1 Å². The lowest BCUT2D eigenvalue weighted by Crippen LogP contribution is -2.25. The predicted molar refractivity (Wildman–Crippen MR) is 66.7 cm³/mol. The van der Waals surface area contributed by atoms with Crippen LogP contribution in [0.1, 0.15) is 54.2 Å². The maximum atomic E-state index is 11.9. The van der Waals surface area contributed by atoms with Crippen LogP contribution in [0, 0.1) is 0 Å². The van der Waals surface area contributed by atoms with Gasteiger partial charge in [0.2, 0.25) is 0 Å². The van der Waals surface area contributed by atoms with Gasteiger partial charge >= 0.3 is 5.97 Å². The number of hydrogen-bond donors (Lipinski definition) is 1. The molecule has 8 heteroatoms. The third-order valence-corrected chi connectivity index (χ3v) is 4.86. The van der Waals surface area contributed by atoms with E-state index in [1.165, 1.54) is 0 Å². The average molecular weight is 305 g/mol. The molecule has 6 nitrogen and oxygen atoms in total. The first-order valence-electron chi connectivity index (χ1n) is 6.20. The summed E-state index contributed by atoms with van der Waals surface area (Å²) in [5.41, 5.74) is 0.208. The molecule has 1 heterocycles. The van der Waals surface area contributed by atoms with Crippen LogP contribution in [0.25, 0.3) is 0 Å². The Morgan fingerprint density at radius 1 is 1.32 bits per heavy atom. The van der Waals surface area contributed by atoms with Crippen LogP contribution in [0.3, 0.4) is 0 Å². The van der Waals surface area contributed by atoms with Crippen LogP contribution in [0.4, 0.5) is 0 Å². The van der Waals surface area contributed by atoms with Gasteiger partial charge in [-0.25, -0.2) is 13.2 Å². The minimum absolute atomic E-state index is 0.0984. The first kappa shape index (κ1) is 12.9. The van der Waals surface area contributed by atoms with Crippen LogP contribution in [0.15, 0.2) is 4.90 Å². The van der Waals surface area contributed by atoms with Gasteiger partial charge in [-0.05, 0) is 32.1 Å². The summed E-state index contributed by atoms with van der Waals surface area (Å²) in [6, 6.07) is 0. The third kappa shape index (κ3) is 2.49. The Morgan fingerprint density at radius 2 is 2.00 bits per heavy atom. The van der Waals surface area contributed by atoms with E-state index < -0.39 is 15.0 Å². The Bertz CT molecular complexity index is 617. The van der Waals surface area contributed by atoms with Crippen molar-refractivity contribution in [1.82, 2.24) is 10.2 Å².